The highest BCUT2D eigenvalue weighted by molar-refractivity contribution is 5.83. The van der Waals surface area contributed by atoms with Gasteiger partial charge < -0.3 is 5.32 Å². The van der Waals surface area contributed by atoms with Crippen molar-refractivity contribution in [1.29, 1.82) is 0 Å². The van der Waals surface area contributed by atoms with E-state index in [1.165, 1.54) is 41.3 Å². The van der Waals surface area contributed by atoms with E-state index >= 15 is 0 Å². The number of hydrogen-bond donors (Lipinski definition) is 1. The van der Waals surface area contributed by atoms with Gasteiger partial charge in [0.15, 0.2) is 0 Å². The minimum absolute atomic E-state index is 0.795. The largest absolute Gasteiger partial charge is 0.360 e. The quantitative estimate of drug-likeness (QED) is 0.437. The van der Waals surface area contributed by atoms with E-state index in [0.717, 1.165) is 41.9 Å². The molecule has 0 fully saturated rings. The van der Waals surface area contributed by atoms with Crippen molar-refractivity contribution in [2.24, 2.45) is 0 Å². The summed E-state index contributed by atoms with van der Waals surface area (Å²) < 4.78 is 0. The fourth-order valence-corrected chi connectivity index (χ4v) is 3.71. The molecule has 3 rings (SSSR count). The summed E-state index contributed by atoms with van der Waals surface area (Å²) in [6.45, 7) is 10.4. The molecule has 0 bridgehead atoms. The topological polar surface area (TPSA) is 37.8 Å². The molecule has 1 aromatic heterocycles. The molecule has 1 heterocycles. The summed E-state index contributed by atoms with van der Waals surface area (Å²) in [6.07, 6.45) is 8.46. The molecule has 3 nitrogen and oxygen atoms in total. The number of allylic oxidation sites excluding steroid dienone is 1. The molecule has 0 radical (unpaired) electrons. The smallest absolute Gasteiger partial charge is 0.116 e. The van der Waals surface area contributed by atoms with Crippen molar-refractivity contribution in [2.75, 3.05) is 5.32 Å². The Balaban J connectivity index is 1.92. The lowest BCUT2D eigenvalue weighted by Crippen LogP contribution is -2.00. The Morgan fingerprint density at radius 3 is 2.64 bits per heavy atom. The van der Waals surface area contributed by atoms with Crippen molar-refractivity contribution in [2.45, 2.75) is 59.3 Å². The number of hydrogen-bond acceptors (Lipinski definition) is 3. The van der Waals surface area contributed by atoms with Crippen LogP contribution in [0.5, 0.6) is 0 Å². The van der Waals surface area contributed by atoms with Crippen LogP contribution < -0.4 is 5.32 Å². The van der Waals surface area contributed by atoms with Crippen molar-refractivity contribution < 1.29 is 0 Å². The first kappa shape index (κ1) is 20.1. The van der Waals surface area contributed by atoms with Crippen LogP contribution in [0.15, 0.2) is 55.0 Å². The standard InChI is InChI=1S/C25H31N3/c1-5-7-8-11-21-16-25-23(15-20(21)6-2)24(26-17-27-25)14-19-10-9-12-22(13-19)28-18(3)4/h9-10,12-13,15-17,28H,3,5-8,11,14H2,1-2,4H3. The molecular weight excluding hydrogens is 342 g/mol. The lowest BCUT2D eigenvalue weighted by molar-refractivity contribution is 0.714. The molecular formula is C25H31N3. The molecule has 0 unspecified atom stereocenters. The van der Waals surface area contributed by atoms with Crippen LogP contribution in [0.25, 0.3) is 10.9 Å². The number of aromatic nitrogens is 2. The van der Waals surface area contributed by atoms with Gasteiger partial charge in [-0.1, -0.05) is 45.4 Å². The van der Waals surface area contributed by atoms with Gasteiger partial charge in [-0.3, -0.25) is 0 Å². The van der Waals surface area contributed by atoms with Crippen LogP contribution in [0.4, 0.5) is 5.69 Å². The molecule has 0 aliphatic rings. The number of aryl methyl sites for hydroxylation is 2. The second-order valence-electron chi connectivity index (χ2n) is 7.55. The van der Waals surface area contributed by atoms with Gasteiger partial charge in [-0.2, -0.15) is 0 Å². The zero-order chi connectivity index (χ0) is 19.9. The van der Waals surface area contributed by atoms with Gasteiger partial charge in [-0.25, -0.2) is 9.97 Å². The minimum atomic E-state index is 0.795. The van der Waals surface area contributed by atoms with Gasteiger partial charge in [-0.15, -0.1) is 0 Å². The van der Waals surface area contributed by atoms with Gasteiger partial charge in [0, 0.05) is 23.2 Å². The second kappa shape index (κ2) is 9.50. The van der Waals surface area contributed by atoms with E-state index in [1.807, 2.05) is 6.92 Å². The van der Waals surface area contributed by atoms with Crippen molar-refractivity contribution in [3.05, 3.63) is 77.4 Å². The molecule has 0 saturated carbocycles. The van der Waals surface area contributed by atoms with E-state index in [1.54, 1.807) is 6.33 Å². The van der Waals surface area contributed by atoms with Gasteiger partial charge in [-0.05, 0) is 67.1 Å². The van der Waals surface area contributed by atoms with E-state index in [-0.39, 0.29) is 0 Å². The van der Waals surface area contributed by atoms with Crippen LogP contribution in [-0.4, -0.2) is 9.97 Å². The Morgan fingerprint density at radius 2 is 1.89 bits per heavy atom. The monoisotopic (exact) mass is 373 g/mol. The predicted molar refractivity (Wildman–Crippen MR) is 120 cm³/mol. The summed E-state index contributed by atoms with van der Waals surface area (Å²) in [5.74, 6) is 0. The Labute approximate surface area is 168 Å². The van der Waals surface area contributed by atoms with Gasteiger partial charge in [0.1, 0.15) is 6.33 Å². The lowest BCUT2D eigenvalue weighted by atomic mass is 9.95. The number of benzene rings is 2. The first-order valence-corrected chi connectivity index (χ1v) is 10.4. The van der Waals surface area contributed by atoms with Crippen molar-refractivity contribution in [3.63, 3.8) is 0 Å². The number of rotatable bonds is 9. The maximum Gasteiger partial charge on any atom is 0.116 e. The molecule has 1 N–H and O–H groups in total. The van der Waals surface area contributed by atoms with Crippen LogP contribution in [0, 0.1) is 0 Å². The molecule has 3 heteroatoms. The number of anilines is 1. The van der Waals surface area contributed by atoms with Gasteiger partial charge >= 0.3 is 0 Å². The number of nitrogens with zero attached hydrogens (tertiary/aromatic N) is 2. The number of nitrogens with one attached hydrogen (secondary N) is 1. The third-order valence-corrected chi connectivity index (χ3v) is 5.13. The lowest BCUT2D eigenvalue weighted by Gasteiger charge is -2.13. The average Bonchev–Trinajstić information content (AvgIpc) is 2.67. The zero-order valence-electron chi connectivity index (χ0n) is 17.4. The molecule has 146 valence electrons. The van der Waals surface area contributed by atoms with E-state index in [9.17, 15) is 0 Å². The number of unbranched alkanes of at least 4 members (excludes halogenated alkanes) is 2. The van der Waals surface area contributed by atoms with E-state index in [2.05, 4.69) is 72.1 Å². The van der Waals surface area contributed by atoms with E-state index in [0.29, 0.717) is 0 Å². The van der Waals surface area contributed by atoms with Crippen molar-refractivity contribution >= 4 is 16.6 Å². The first-order chi connectivity index (χ1) is 13.6. The highest BCUT2D eigenvalue weighted by Gasteiger charge is 2.10. The molecule has 0 spiro atoms. The molecule has 0 saturated heterocycles. The van der Waals surface area contributed by atoms with Crippen molar-refractivity contribution in [1.82, 2.24) is 9.97 Å². The average molecular weight is 374 g/mol. The van der Waals surface area contributed by atoms with E-state index in [4.69, 9.17) is 0 Å². The highest BCUT2D eigenvalue weighted by atomic mass is 14.9. The Morgan fingerprint density at radius 1 is 1.04 bits per heavy atom. The maximum absolute atomic E-state index is 4.62. The predicted octanol–water partition coefficient (Wildman–Crippen LogP) is 6.46. The summed E-state index contributed by atoms with van der Waals surface area (Å²) in [5, 5.41) is 4.47. The molecule has 0 atom stereocenters. The summed E-state index contributed by atoms with van der Waals surface area (Å²) in [5.41, 5.74) is 8.26. The molecule has 0 aliphatic heterocycles. The Kier molecular flexibility index (Phi) is 6.80. The third-order valence-electron chi connectivity index (χ3n) is 5.13. The van der Waals surface area contributed by atoms with Crippen LogP contribution in [0.3, 0.4) is 0 Å². The van der Waals surface area contributed by atoms with Crippen LogP contribution in [-0.2, 0) is 19.3 Å². The molecule has 0 aliphatic carbocycles. The fraction of sp³-hybridized carbons (Fsp3) is 0.360. The SMILES string of the molecule is C=C(C)Nc1cccc(Cc2ncnc3cc(CCCCC)c(CC)cc23)c1. The highest BCUT2D eigenvalue weighted by Crippen LogP contribution is 2.25. The Hall–Kier alpha value is -2.68. The van der Waals surface area contributed by atoms with Crippen molar-refractivity contribution in [3.8, 4) is 0 Å². The van der Waals surface area contributed by atoms with Gasteiger partial charge in [0.05, 0.1) is 11.2 Å². The number of fused-ring (bicyclic) bond motifs is 1. The third kappa shape index (κ3) is 4.98. The summed E-state index contributed by atoms with van der Waals surface area (Å²) in [6, 6.07) is 13.1. The molecule has 0 amide bonds. The summed E-state index contributed by atoms with van der Waals surface area (Å²) in [7, 11) is 0. The van der Waals surface area contributed by atoms with Gasteiger partial charge in [0.2, 0.25) is 0 Å². The summed E-state index contributed by atoms with van der Waals surface area (Å²) in [4.78, 5) is 9.19. The fourth-order valence-electron chi connectivity index (χ4n) is 3.71. The normalized spacial score (nSPS) is 11.0. The Bertz CT molecular complexity index is 959. The van der Waals surface area contributed by atoms with Gasteiger partial charge in [0.25, 0.3) is 0 Å². The first-order valence-electron chi connectivity index (χ1n) is 10.4. The maximum atomic E-state index is 4.62. The molecule has 3 aromatic rings. The van der Waals surface area contributed by atoms with Crippen LogP contribution >= 0.6 is 0 Å². The van der Waals surface area contributed by atoms with Crippen LogP contribution in [0.2, 0.25) is 0 Å². The van der Waals surface area contributed by atoms with E-state index < -0.39 is 0 Å². The zero-order valence-corrected chi connectivity index (χ0v) is 17.4. The molecule has 28 heavy (non-hydrogen) atoms. The van der Waals surface area contributed by atoms with Crippen LogP contribution in [0.1, 0.15) is 62.4 Å². The molecule has 2 aromatic carbocycles. The second-order valence-corrected chi connectivity index (χ2v) is 7.55. The minimum Gasteiger partial charge on any atom is -0.360 e. The summed E-state index contributed by atoms with van der Waals surface area (Å²) >= 11 is 0.